The van der Waals surface area contributed by atoms with Crippen molar-refractivity contribution in [3.8, 4) is 0 Å². The number of sulfone groups is 1. The van der Waals surface area contributed by atoms with Crippen LogP contribution in [0, 0.1) is 5.82 Å². The fourth-order valence-corrected chi connectivity index (χ4v) is 3.50. The van der Waals surface area contributed by atoms with E-state index in [1.54, 1.807) is 24.4 Å². The molecule has 0 amide bonds. The summed E-state index contributed by atoms with van der Waals surface area (Å²) in [7, 11) is -3.07. The second-order valence-corrected chi connectivity index (χ2v) is 8.09. The van der Waals surface area contributed by atoms with Crippen LogP contribution in [0.4, 0.5) is 10.2 Å². The lowest BCUT2D eigenvalue weighted by Crippen LogP contribution is -2.38. The molecular formula is C17H19FN2O3S. The second kappa shape index (κ2) is 6.86. The largest absolute Gasteiger partial charge is 0.370 e. The van der Waals surface area contributed by atoms with Crippen molar-refractivity contribution in [3.05, 3.63) is 59.5 Å². The highest BCUT2D eigenvalue weighted by atomic mass is 32.2. The Morgan fingerprint density at radius 3 is 2.62 bits per heavy atom. The molecule has 0 spiro atoms. The maximum Gasteiger partial charge on any atom is 0.151 e. The predicted molar refractivity (Wildman–Crippen MR) is 90.1 cm³/mol. The minimum absolute atomic E-state index is 0.0123. The lowest BCUT2D eigenvalue weighted by atomic mass is 10.1. The summed E-state index contributed by atoms with van der Waals surface area (Å²) in [6, 6.07) is 9.92. The van der Waals surface area contributed by atoms with Gasteiger partial charge in [0.1, 0.15) is 17.7 Å². The van der Waals surface area contributed by atoms with Crippen LogP contribution in [0.25, 0.3) is 0 Å². The topological polar surface area (TPSA) is 59.5 Å². The Balaban J connectivity index is 1.71. The molecule has 7 heteroatoms. The van der Waals surface area contributed by atoms with Gasteiger partial charge in [0.25, 0.3) is 0 Å². The number of halogens is 1. The van der Waals surface area contributed by atoms with Gasteiger partial charge in [-0.1, -0.05) is 18.2 Å². The molecule has 1 aliphatic rings. The van der Waals surface area contributed by atoms with E-state index in [1.165, 1.54) is 18.4 Å². The molecule has 24 heavy (non-hydrogen) atoms. The number of rotatable bonds is 4. The molecule has 0 N–H and O–H groups in total. The minimum Gasteiger partial charge on any atom is -0.370 e. The molecule has 128 valence electrons. The van der Waals surface area contributed by atoms with Crippen molar-refractivity contribution in [3.63, 3.8) is 0 Å². The van der Waals surface area contributed by atoms with Gasteiger partial charge in [-0.2, -0.15) is 0 Å². The predicted octanol–water partition coefficient (Wildman–Crippen LogP) is 2.34. The van der Waals surface area contributed by atoms with Gasteiger partial charge in [-0.25, -0.2) is 17.8 Å². The maximum atomic E-state index is 13.0. The molecule has 1 atom stereocenters. The number of ether oxygens (including phenoxy) is 1. The van der Waals surface area contributed by atoms with E-state index in [2.05, 4.69) is 9.88 Å². The van der Waals surface area contributed by atoms with E-state index >= 15 is 0 Å². The van der Waals surface area contributed by atoms with Gasteiger partial charge in [0.15, 0.2) is 9.84 Å². The molecule has 1 aromatic carbocycles. The fraction of sp³-hybridized carbons (Fsp3) is 0.353. The van der Waals surface area contributed by atoms with Crippen LogP contribution in [0.3, 0.4) is 0 Å². The van der Waals surface area contributed by atoms with E-state index in [1.807, 2.05) is 6.07 Å². The Kier molecular flexibility index (Phi) is 4.82. The molecule has 5 nitrogen and oxygen atoms in total. The van der Waals surface area contributed by atoms with Crippen LogP contribution >= 0.6 is 0 Å². The van der Waals surface area contributed by atoms with Gasteiger partial charge in [0.05, 0.1) is 12.4 Å². The molecule has 1 unspecified atom stereocenters. The Morgan fingerprint density at radius 2 is 2.00 bits per heavy atom. The Hall–Kier alpha value is -1.99. The van der Waals surface area contributed by atoms with Crippen LogP contribution in [0.5, 0.6) is 0 Å². The first-order valence-corrected chi connectivity index (χ1v) is 9.71. The highest BCUT2D eigenvalue weighted by Crippen LogP contribution is 2.25. The van der Waals surface area contributed by atoms with Crippen molar-refractivity contribution in [2.75, 3.05) is 30.9 Å². The number of nitrogens with zero attached hydrogens (tertiary/aromatic N) is 2. The molecule has 3 rings (SSSR count). The van der Waals surface area contributed by atoms with Crippen LogP contribution in [-0.4, -0.2) is 39.4 Å². The highest BCUT2D eigenvalue weighted by molar-refractivity contribution is 7.89. The molecule has 1 aromatic heterocycles. The van der Waals surface area contributed by atoms with Crippen molar-refractivity contribution >= 4 is 15.7 Å². The zero-order chi connectivity index (χ0) is 17.2. The summed E-state index contributed by atoms with van der Waals surface area (Å²) in [6.45, 7) is 1.87. The highest BCUT2D eigenvalue weighted by Gasteiger charge is 2.23. The van der Waals surface area contributed by atoms with Crippen LogP contribution < -0.4 is 4.90 Å². The number of pyridine rings is 1. The summed E-state index contributed by atoms with van der Waals surface area (Å²) in [5.74, 6) is 0.499. The summed E-state index contributed by atoms with van der Waals surface area (Å²) in [5, 5.41) is 0. The first kappa shape index (κ1) is 16.9. The van der Waals surface area contributed by atoms with Crippen LogP contribution in [0.15, 0.2) is 42.6 Å². The average Bonchev–Trinajstić information content (AvgIpc) is 2.55. The third-order valence-electron chi connectivity index (χ3n) is 3.87. The summed E-state index contributed by atoms with van der Waals surface area (Å²) in [5.41, 5.74) is 1.60. The lowest BCUT2D eigenvalue weighted by molar-refractivity contribution is 0.0395. The smallest absolute Gasteiger partial charge is 0.151 e. The van der Waals surface area contributed by atoms with Gasteiger partial charge in [0.2, 0.25) is 0 Å². The molecule has 2 aromatic rings. The van der Waals surface area contributed by atoms with Crippen LogP contribution in [0.2, 0.25) is 0 Å². The Morgan fingerprint density at radius 1 is 1.25 bits per heavy atom. The monoisotopic (exact) mass is 350 g/mol. The molecule has 1 fully saturated rings. The molecule has 1 aliphatic heterocycles. The molecule has 0 radical (unpaired) electrons. The Labute approximate surface area is 141 Å². The zero-order valence-corrected chi connectivity index (χ0v) is 14.2. The van der Waals surface area contributed by atoms with E-state index < -0.39 is 9.84 Å². The van der Waals surface area contributed by atoms with Crippen LogP contribution in [-0.2, 0) is 20.3 Å². The summed E-state index contributed by atoms with van der Waals surface area (Å²) in [4.78, 5) is 6.46. The molecule has 1 saturated heterocycles. The Bertz CT molecular complexity index is 792. The van der Waals surface area contributed by atoms with Gasteiger partial charge >= 0.3 is 0 Å². The van der Waals surface area contributed by atoms with Gasteiger partial charge in [-0.15, -0.1) is 0 Å². The number of anilines is 1. The fourth-order valence-electron chi connectivity index (χ4n) is 2.73. The zero-order valence-electron chi connectivity index (χ0n) is 13.4. The molecule has 0 saturated carbocycles. The van der Waals surface area contributed by atoms with Gasteiger partial charge < -0.3 is 9.64 Å². The van der Waals surface area contributed by atoms with E-state index in [9.17, 15) is 12.8 Å². The third kappa shape index (κ3) is 4.30. The van der Waals surface area contributed by atoms with E-state index in [0.717, 1.165) is 11.4 Å². The standard InChI is InChI=1S/C17H19FN2O3S/c1-24(21,22)12-13-2-7-17(19-10-13)20-8-9-23-16(11-20)14-3-5-15(18)6-4-14/h2-7,10,16H,8-9,11-12H2,1H3. The van der Waals surface area contributed by atoms with Crippen molar-refractivity contribution in [2.24, 2.45) is 0 Å². The molecule has 0 aliphatic carbocycles. The second-order valence-electron chi connectivity index (χ2n) is 5.95. The number of hydrogen-bond donors (Lipinski definition) is 0. The normalized spacial score (nSPS) is 18.6. The molecule has 2 heterocycles. The van der Waals surface area contributed by atoms with Gasteiger partial charge in [-0.3, -0.25) is 0 Å². The lowest BCUT2D eigenvalue weighted by Gasteiger charge is -2.34. The molecular weight excluding hydrogens is 331 g/mol. The van der Waals surface area contributed by atoms with Crippen molar-refractivity contribution in [2.45, 2.75) is 11.9 Å². The van der Waals surface area contributed by atoms with E-state index in [4.69, 9.17) is 4.74 Å². The number of benzene rings is 1. The molecule has 0 bridgehead atoms. The van der Waals surface area contributed by atoms with Crippen molar-refractivity contribution < 1.29 is 17.5 Å². The summed E-state index contributed by atoms with van der Waals surface area (Å²) >= 11 is 0. The number of morpholine rings is 1. The number of aromatic nitrogens is 1. The van der Waals surface area contributed by atoms with E-state index in [-0.39, 0.29) is 17.7 Å². The van der Waals surface area contributed by atoms with Crippen molar-refractivity contribution in [1.82, 2.24) is 4.98 Å². The average molecular weight is 350 g/mol. The van der Waals surface area contributed by atoms with Crippen LogP contribution in [0.1, 0.15) is 17.2 Å². The third-order valence-corrected chi connectivity index (χ3v) is 4.73. The minimum atomic E-state index is -3.07. The number of hydrogen-bond acceptors (Lipinski definition) is 5. The van der Waals surface area contributed by atoms with Crippen molar-refractivity contribution in [1.29, 1.82) is 0 Å². The quantitative estimate of drug-likeness (QED) is 0.847. The summed E-state index contributed by atoms with van der Waals surface area (Å²) in [6.07, 6.45) is 2.66. The van der Waals surface area contributed by atoms with E-state index in [0.29, 0.717) is 25.3 Å². The van der Waals surface area contributed by atoms with Gasteiger partial charge in [0, 0.05) is 25.5 Å². The maximum absolute atomic E-state index is 13.0. The van der Waals surface area contributed by atoms with Gasteiger partial charge in [-0.05, 0) is 29.3 Å². The summed E-state index contributed by atoms with van der Waals surface area (Å²) < 4.78 is 41.5. The SMILES string of the molecule is CS(=O)(=O)Cc1ccc(N2CCOC(c3ccc(F)cc3)C2)nc1. The first-order valence-electron chi connectivity index (χ1n) is 7.65. The first-order chi connectivity index (χ1) is 11.4.